The summed E-state index contributed by atoms with van der Waals surface area (Å²) in [5, 5.41) is 0. The second-order valence-corrected chi connectivity index (χ2v) is 4.75. The van der Waals surface area contributed by atoms with E-state index in [0.29, 0.717) is 18.7 Å². The van der Waals surface area contributed by atoms with Gasteiger partial charge in [0.2, 0.25) is 0 Å². The molecule has 16 heavy (non-hydrogen) atoms. The Hall–Kier alpha value is -1.06. The number of amides is 1. The van der Waals surface area contributed by atoms with Crippen molar-refractivity contribution in [3.05, 3.63) is 11.8 Å². The lowest BCUT2D eigenvalue weighted by atomic mass is 10.0. The highest BCUT2D eigenvalue weighted by Gasteiger charge is 2.41. The normalized spacial score (nSPS) is 37.9. The van der Waals surface area contributed by atoms with Crippen molar-refractivity contribution < 1.29 is 9.18 Å². The lowest BCUT2D eigenvalue weighted by Crippen LogP contribution is -2.56. The van der Waals surface area contributed by atoms with Crippen molar-refractivity contribution in [2.75, 3.05) is 13.6 Å². The lowest BCUT2D eigenvalue weighted by molar-refractivity contribution is -0.135. The number of nitrogens with zero attached hydrogens (tertiary/aromatic N) is 2. The van der Waals surface area contributed by atoms with Gasteiger partial charge in [0.15, 0.2) is 0 Å². The van der Waals surface area contributed by atoms with Crippen LogP contribution in [0.5, 0.6) is 0 Å². The van der Waals surface area contributed by atoms with E-state index in [0.717, 1.165) is 6.42 Å². The van der Waals surface area contributed by atoms with Crippen LogP contribution in [0.4, 0.5) is 4.39 Å². The Balaban J connectivity index is 2.36. The fourth-order valence-corrected chi connectivity index (χ4v) is 2.70. The molecule has 2 rings (SSSR count). The Bertz CT molecular complexity index is 329. The number of carbonyl (C=O) groups excluding carboxylic acids is 1. The van der Waals surface area contributed by atoms with Crippen LogP contribution in [0.3, 0.4) is 0 Å². The zero-order valence-corrected chi connectivity index (χ0v) is 10.1. The van der Waals surface area contributed by atoms with Crippen LogP contribution in [-0.2, 0) is 4.79 Å². The first-order valence-corrected chi connectivity index (χ1v) is 5.90. The van der Waals surface area contributed by atoms with Crippen molar-refractivity contribution in [3.63, 3.8) is 0 Å². The summed E-state index contributed by atoms with van der Waals surface area (Å²) in [6, 6.07) is -0.0201. The van der Waals surface area contributed by atoms with Crippen molar-refractivity contribution in [1.29, 1.82) is 0 Å². The van der Waals surface area contributed by atoms with E-state index in [-0.39, 0.29) is 18.0 Å². The fourth-order valence-electron chi connectivity index (χ4n) is 2.70. The third-order valence-corrected chi connectivity index (χ3v) is 3.82. The molecule has 3 nitrogen and oxygen atoms in total. The van der Waals surface area contributed by atoms with Gasteiger partial charge in [0.1, 0.15) is 6.17 Å². The van der Waals surface area contributed by atoms with Crippen molar-refractivity contribution in [1.82, 2.24) is 9.80 Å². The molecule has 0 spiro atoms. The molecule has 3 atom stereocenters. The van der Waals surface area contributed by atoms with Gasteiger partial charge >= 0.3 is 0 Å². The Kier molecular flexibility index (Phi) is 2.91. The van der Waals surface area contributed by atoms with Crippen LogP contribution < -0.4 is 0 Å². The van der Waals surface area contributed by atoms with Gasteiger partial charge in [0.25, 0.3) is 5.91 Å². The molecule has 0 aromatic carbocycles. The first-order valence-electron chi connectivity index (χ1n) is 5.90. The molecule has 2 aliphatic rings. The van der Waals surface area contributed by atoms with Crippen LogP contribution in [0, 0.1) is 0 Å². The molecule has 0 aromatic rings. The summed E-state index contributed by atoms with van der Waals surface area (Å²) in [5.74, 6) is 0.0443. The van der Waals surface area contributed by atoms with Gasteiger partial charge in [-0.2, -0.15) is 0 Å². The van der Waals surface area contributed by atoms with E-state index in [1.165, 1.54) is 0 Å². The number of rotatable bonds is 0. The molecule has 4 heteroatoms. The molecule has 2 bridgehead atoms. The number of carbonyl (C=O) groups is 1. The monoisotopic (exact) mass is 226 g/mol. The van der Waals surface area contributed by atoms with E-state index in [1.54, 1.807) is 6.08 Å². The van der Waals surface area contributed by atoms with Crippen molar-refractivity contribution in [3.8, 4) is 0 Å². The van der Waals surface area contributed by atoms with Gasteiger partial charge in [-0.05, 0) is 26.7 Å². The summed E-state index contributed by atoms with van der Waals surface area (Å²) in [6.07, 6.45) is 2.26. The smallest absolute Gasteiger partial charge is 0.270 e. The van der Waals surface area contributed by atoms with E-state index in [4.69, 9.17) is 0 Å². The molecule has 2 fully saturated rings. The van der Waals surface area contributed by atoms with Crippen molar-refractivity contribution >= 4 is 5.91 Å². The second-order valence-electron chi connectivity index (χ2n) is 4.75. The van der Waals surface area contributed by atoms with Crippen molar-refractivity contribution in [2.45, 2.75) is 44.9 Å². The van der Waals surface area contributed by atoms with E-state index >= 15 is 0 Å². The van der Waals surface area contributed by atoms with Gasteiger partial charge < -0.3 is 9.80 Å². The predicted molar refractivity (Wildman–Crippen MR) is 60.6 cm³/mol. The molecule has 2 saturated heterocycles. The van der Waals surface area contributed by atoms with Gasteiger partial charge in [-0.15, -0.1) is 0 Å². The molecular weight excluding hydrogens is 207 g/mol. The third-order valence-electron chi connectivity index (χ3n) is 3.82. The van der Waals surface area contributed by atoms with Gasteiger partial charge in [0.05, 0.1) is 11.7 Å². The third kappa shape index (κ3) is 1.60. The Labute approximate surface area is 95.9 Å². The van der Waals surface area contributed by atoms with E-state index < -0.39 is 6.17 Å². The molecule has 2 aliphatic heterocycles. The number of hydrogen-bond donors (Lipinski definition) is 0. The quantitative estimate of drug-likeness (QED) is 0.585. The Morgan fingerprint density at radius 1 is 1.44 bits per heavy atom. The summed E-state index contributed by atoms with van der Waals surface area (Å²) >= 11 is 0. The molecule has 0 saturated carbocycles. The Morgan fingerprint density at radius 2 is 2.12 bits per heavy atom. The van der Waals surface area contributed by atoms with Gasteiger partial charge in [0, 0.05) is 19.6 Å². The van der Waals surface area contributed by atoms with Gasteiger partial charge in [-0.25, -0.2) is 4.39 Å². The number of piperazine rings is 1. The summed E-state index contributed by atoms with van der Waals surface area (Å²) in [6.45, 7) is 4.36. The minimum absolute atomic E-state index is 0.0443. The number of likely N-dealkylation sites (N-methyl/N-ethyl adjacent to an activating group) is 1. The lowest BCUT2D eigenvalue weighted by Gasteiger charge is -2.42. The summed E-state index contributed by atoms with van der Waals surface area (Å²) < 4.78 is 14.0. The van der Waals surface area contributed by atoms with Crippen LogP contribution in [0.25, 0.3) is 0 Å². The van der Waals surface area contributed by atoms with Crippen LogP contribution >= 0.6 is 0 Å². The molecular formula is C12H19FN2O. The zero-order chi connectivity index (χ0) is 11.9. The van der Waals surface area contributed by atoms with E-state index in [2.05, 4.69) is 0 Å². The average molecular weight is 226 g/mol. The van der Waals surface area contributed by atoms with Crippen molar-refractivity contribution in [2.24, 2.45) is 0 Å². The maximum absolute atomic E-state index is 14.0. The molecule has 0 aromatic heterocycles. The first-order chi connectivity index (χ1) is 7.56. The molecule has 0 N–H and O–H groups in total. The minimum atomic E-state index is -0.833. The molecule has 0 unspecified atom stereocenters. The second kappa shape index (κ2) is 4.07. The van der Waals surface area contributed by atoms with E-state index in [9.17, 15) is 9.18 Å². The average Bonchev–Trinajstić information content (AvgIpc) is 2.38. The van der Waals surface area contributed by atoms with Crippen LogP contribution in [0.15, 0.2) is 11.8 Å². The number of fused-ring (bicyclic) bond motifs is 2. The number of halogens is 1. The Morgan fingerprint density at radius 3 is 2.75 bits per heavy atom. The number of allylic oxidation sites excluding steroid dienone is 1. The fraction of sp³-hybridized carbons (Fsp3) is 0.750. The summed E-state index contributed by atoms with van der Waals surface area (Å²) in [5.41, 5.74) is 0.632. The number of hydrogen-bond acceptors (Lipinski definition) is 2. The molecule has 0 aliphatic carbocycles. The molecule has 1 amide bonds. The largest absolute Gasteiger partial charge is 0.363 e. The highest BCUT2D eigenvalue weighted by molar-refractivity contribution is 5.94. The maximum atomic E-state index is 14.0. The highest BCUT2D eigenvalue weighted by Crippen LogP contribution is 2.30. The predicted octanol–water partition coefficient (Wildman–Crippen LogP) is 1.55. The topological polar surface area (TPSA) is 23.6 Å². The molecule has 2 heterocycles. The minimum Gasteiger partial charge on any atom is -0.363 e. The standard InChI is InChI=1S/C12H19FN2O/c1-4-10-12(16)15-7-11(14(10)3)9(13)6-5-8(15)2/h4,8-9,11H,5-7H2,1-3H3/b10-4+/t8-,9-,11+/m0/s1. The maximum Gasteiger partial charge on any atom is 0.270 e. The van der Waals surface area contributed by atoms with Crippen LogP contribution in [-0.4, -0.2) is 47.6 Å². The molecule has 0 radical (unpaired) electrons. The number of alkyl halides is 1. The zero-order valence-electron chi connectivity index (χ0n) is 10.1. The van der Waals surface area contributed by atoms with Crippen LogP contribution in [0.2, 0.25) is 0 Å². The SMILES string of the molecule is C/C=C1\C(=O)N2C[C@H]([C@@H](F)CC[C@@H]2C)N1C. The summed E-state index contributed by atoms with van der Waals surface area (Å²) in [7, 11) is 1.82. The van der Waals surface area contributed by atoms with E-state index in [1.807, 2.05) is 30.7 Å². The summed E-state index contributed by atoms with van der Waals surface area (Å²) in [4.78, 5) is 15.8. The van der Waals surface area contributed by atoms with Gasteiger partial charge in [-0.1, -0.05) is 6.08 Å². The molecule has 90 valence electrons. The highest BCUT2D eigenvalue weighted by atomic mass is 19.1. The van der Waals surface area contributed by atoms with Crippen LogP contribution in [0.1, 0.15) is 26.7 Å². The first kappa shape index (κ1) is 11.4. The van der Waals surface area contributed by atoms with Gasteiger partial charge in [-0.3, -0.25) is 4.79 Å².